The smallest absolute Gasteiger partial charge is 0.352 e. The zero-order valence-electron chi connectivity index (χ0n) is 23.8. The van der Waals surface area contributed by atoms with E-state index in [1.807, 2.05) is 0 Å². The summed E-state index contributed by atoms with van der Waals surface area (Å²) in [7, 11) is 0. The number of anilines is 1. The summed E-state index contributed by atoms with van der Waals surface area (Å²) in [6.45, 7) is 4.39. The third kappa shape index (κ3) is 8.53. The van der Waals surface area contributed by atoms with Crippen molar-refractivity contribution in [3.63, 3.8) is 0 Å². The van der Waals surface area contributed by atoms with Crippen LogP contribution in [0.25, 0.3) is 0 Å². The number of carbonyl (C=O) groups is 3. The van der Waals surface area contributed by atoms with E-state index in [9.17, 15) is 29.4 Å². The Morgan fingerprint density at radius 1 is 1.03 bits per heavy atom. The van der Waals surface area contributed by atoms with Gasteiger partial charge in [0.15, 0.2) is 23.0 Å². The van der Waals surface area contributed by atoms with E-state index in [0.717, 1.165) is 44.1 Å². The molecule has 4 N–H and O–H groups in total. The van der Waals surface area contributed by atoms with Gasteiger partial charge in [-0.15, -0.1) is 0 Å². The van der Waals surface area contributed by atoms with E-state index in [4.69, 9.17) is 10.5 Å². The molecule has 0 aliphatic carbocycles. The van der Waals surface area contributed by atoms with Crippen molar-refractivity contribution in [2.75, 3.05) is 5.73 Å². The van der Waals surface area contributed by atoms with E-state index in [0.29, 0.717) is 6.42 Å². The molecule has 1 aromatic heterocycles. The maximum Gasteiger partial charge on any atom is 0.352 e. The molecule has 10 heteroatoms. The Hall–Kier alpha value is -2.43. The van der Waals surface area contributed by atoms with E-state index < -0.39 is 53.0 Å². The Morgan fingerprint density at radius 2 is 1.54 bits per heavy atom. The molecule has 2 rings (SSSR count). The Balaban J connectivity index is 2.01. The lowest BCUT2D eigenvalue weighted by Gasteiger charge is -2.30. The summed E-state index contributed by atoms with van der Waals surface area (Å²) in [4.78, 5) is 54.5. The second-order valence-electron chi connectivity index (χ2n) is 11.0. The molecular weight excluding hydrogens is 502 g/mol. The van der Waals surface area contributed by atoms with Gasteiger partial charge in [-0.2, -0.15) is 4.98 Å². The van der Waals surface area contributed by atoms with Crippen LogP contribution in [0.5, 0.6) is 0 Å². The average Bonchev–Trinajstić information content (AvgIpc) is 3.21. The molecular formula is C29H47N3O7. The van der Waals surface area contributed by atoms with Gasteiger partial charge in [0.05, 0.1) is 0 Å². The molecule has 39 heavy (non-hydrogen) atoms. The molecule has 0 aromatic carbocycles. The molecule has 1 aliphatic heterocycles. The second kappa shape index (κ2) is 15.4. The van der Waals surface area contributed by atoms with Crippen LogP contribution < -0.4 is 11.4 Å². The lowest BCUT2D eigenvalue weighted by molar-refractivity contribution is -0.178. The maximum absolute atomic E-state index is 13.6. The van der Waals surface area contributed by atoms with Gasteiger partial charge in [-0.3, -0.25) is 19.0 Å². The van der Waals surface area contributed by atoms with E-state index in [-0.39, 0.29) is 12.2 Å². The van der Waals surface area contributed by atoms with Gasteiger partial charge in [0.2, 0.25) is 5.72 Å². The molecule has 0 amide bonds. The summed E-state index contributed by atoms with van der Waals surface area (Å²) in [5.74, 6) is -2.16. The highest BCUT2D eigenvalue weighted by atomic mass is 16.6. The molecule has 220 valence electrons. The molecule has 0 radical (unpaired) electrons. The molecule has 2 heterocycles. The van der Waals surface area contributed by atoms with Crippen LogP contribution in [0.3, 0.4) is 0 Å². The number of aliphatic hydroxyl groups excluding tert-OH is 1. The van der Waals surface area contributed by atoms with Gasteiger partial charge in [0.1, 0.15) is 18.0 Å². The van der Waals surface area contributed by atoms with Crippen LogP contribution in [0, 0.1) is 0 Å². The SMILES string of the molecule is CCCCCCCCCCCCCCCC(=O)[C@]1(n2ccc(N)nc2=O)C[C@@](O)(C(C)=O)[C@@H](C(O)C(C)=O)O1. The zero-order valence-corrected chi connectivity index (χ0v) is 23.8. The lowest BCUT2D eigenvalue weighted by Crippen LogP contribution is -2.52. The fourth-order valence-electron chi connectivity index (χ4n) is 5.31. The van der Waals surface area contributed by atoms with Crippen LogP contribution in [-0.2, 0) is 24.8 Å². The van der Waals surface area contributed by atoms with Crippen molar-refractivity contribution in [1.82, 2.24) is 9.55 Å². The van der Waals surface area contributed by atoms with Crippen LogP contribution in [0.1, 0.15) is 117 Å². The number of hydrogen-bond donors (Lipinski definition) is 3. The Bertz CT molecular complexity index is 1030. The minimum absolute atomic E-state index is 0.0193. The fourth-order valence-corrected chi connectivity index (χ4v) is 5.31. The predicted molar refractivity (Wildman–Crippen MR) is 148 cm³/mol. The molecule has 10 nitrogen and oxygen atoms in total. The topological polar surface area (TPSA) is 162 Å². The van der Waals surface area contributed by atoms with Gasteiger partial charge in [0, 0.05) is 19.0 Å². The van der Waals surface area contributed by atoms with Crippen molar-refractivity contribution >= 4 is 23.2 Å². The monoisotopic (exact) mass is 549 g/mol. The highest BCUT2D eigenvalue weighted by Gasteiger charge is 2.64. The summed E-state index contributed by atoms with van der Waals surface area (Å²) in [5.41, 5.74) is 0.230. The highest BCUT2D eigenvalue weighted by Crippen LogP contribution is 2.44. The molecule has 1 aromatic rings. The van der Waals surface area contributed by atoms with Gasteiger partial charge in [-0.25, -0.2) is 4.79 Å². The van der Waals surface area contributed by atoms with Gasteiger partial charge in [-0.1, -0.05) is 84.0 Å². The van der Waals surface area contributed by atoms with E-state index in [1.165, 1.54) is 63.6 Å². The second-order valence-corrected chi connectivity index (χ2v) is 11.0. The molecule has 0 bridgehead atoms. The molecule has 4 atom stereocenters. The average molecular weight is 550 g/mol. The number of ketones is 3. The molecule has 1 aliphatic rings. The first-order valence-electron chi connectivity index (χ1n) is 14.5. The summed E-state index contributed by atoms with van der Waals surface area (Å²) in [6, 6.07) is 1.30. The third-order valence-corrected chi connectivity index (χ3v) is 7.77. The number of rotatable bonds is 19. The van der Waals surface area contributed by atoms with Crippen molar-refractivity contribution in [2.24, 2.45) is 0 Å². The molecule has 1 saturated heterocycles. The largest absolute Gasteiger partial charge is 0.383 e. The summed E-state index contributed by atoms with van der Waals surface area (Å²) < 4.78 is 6.77. The lowest BCUT2D eigenvalue weighted by atomic mass is 9.83. The molecule has 1 fully saturated rings. The van der Waals surface area contributed by atoms with Crippen molar-refractivity contribution in [3.8, 4) is 0 Å². The number of unbranched alkanes of at least 4 members (excludes halogenated alkanes) is 12. The zero-order chi connectivity index (χ0) is 29.1. The maximum atomic E-state index is 13.6. The number of Topliss-reactive ketones (excluding diaryl/α,β-unsaturated/α-hetero) is 3. The van der Waals surface area contributed by atoms with Crippen molar-refractivity contribution in [2.45, 2.75) is 141 Å². The van der Waals surface area contributed by atoms with Crippen LogP contribution in [0.4, 0.5) is 5.82 Å². The number of aliphatic hydroxyl groups is 2. The summed E-state index contributed by atoms with van der Waals surface area (Å²) in [6.07, 6.45) is 11.8. The Kier molecular flexibility index (Phi) is 12.9. The van der Waals surface area contributed by atoms with Crippen LogP contribution >= 0.6 is 0 Å². The first kappa shape index (κ1) is 32.8. The first-order chi connectivity index (χ1) is 18.5. The van der Waals surface area contributed by atoms with Gasteiger partial charge in [-0.05, 0) is 26.3 Å². The number of ether oxygens (including phenoxy) is 1. The molecule has 1 unspecified atom stereocenters. The van der Waals surface area contributed by atoms with E-state index in [2.05, 4.69) is 11.9 Å². The van der Waals surface area contributed by atoms with Crippen molar-refractivity contribution in [3.05, 3.63) is 22.7 Å². The minimum Gasteiger partial charge on any atom is -0.383 e. The number of aromatic nitrogens is 2. The molecule has 0 spiro atoms. The fraction of sp³-hybridized carbons (Fsp3) is 0.759. The first-order valence-corrected chi connectivity index (χ1v) is 14.5. The third-order valence-electron chi connectivity index (χ3n) is 7.77. The van der Waals surface area contributed by atoms with Gasteiger partial charge < -0.3 is 20.7 Å². The van der Waals surface area contributed by atoms with Crippen LogP contribution in [0.2, 0.25) is 0 Å². The van der Waals surface area contributed by atoms with Gasteiger partial charge in [0.25, 0.3) is 0 Å². The number of carbonyl (C=O) groups excluding carboxylic acids is 3. The van der Waals surface area contributed by atoms with Crippen LogP contribution in [0.15, 0.2) is 17.1 Å². The normalized spacial score (nSPS) is 23.6. The predicted octanol–water partition coefficient (Wildman–Crippen LogP) is 3.59. The van der Waals surface area contributed by atoms with E-state index >= 15 is 0 Å². The highest BCUT2D eigenvalue weighted by molar-refractivity contribution is 5.92. The van der Waals surface area contributed by atoms with Gasteiger partial charge >= 0.3 is 5.69 Å². The van der Waals surface area contributed by atoms with E-state index in [1.54, 1.807) is 0 Å². The van der Waals surface area contributed by atoms with Crippen molar-refractivity contribution in [1.29, 1.82) is 0 Å². The quantitative estimate of drug-likeness (QED) is 0.219. The summed E-state index contributed by atoms with van der Waals surface area (Å²) >= 11 is 0. The van der Waals surface area contributed by atoms with Crippen LogP contribution in [-0.4, -0.2) is 54.9 Å². The minimum atomic E-state index is -2.36. The number of nitrogen functional groups attached to an aromatic ring is 1. The standard InChI is InChI=1S/C29H47N3O7/c1-4-5-6-7-8-9-10-11-12-13-14-15-16-17-23(35)29(32-19-18-24(30)31-27(32)37)20-28(38,22(3)34)26(39-29)25(36)21(2)33/h18-19,25-26,36,38H,4-17,20H2,1-3H3,(H2,30,31,37)/t25?,26-,28-,29+/m1/s1. The number of nitrogens with two attached hydrogens (primary N) is 1. The number of hydrogen-bond acceptors (Lipinski definition) is 9. The Labute approximate surface area is 231 Å². The molecule has 0 saturated carbocycles. The Morgan fingerprint density at radius 3 is 2.00 bits per heavy atom. The number of nitrogens with zero attached hydrogens (tertiary/aromatic N) is 2. The summed E-state index contributed by atoms with van der Waals surface area (Å²) in [5, 5.41) is 21.7. The van der Waals surface area contributed by atoms with Crippen molar-refractivity contribution < 1.29 is 29.3 Å².